The topological polar surface area (TPSA) is 67.9 Å². The van der Waals surface area contributed by atoms with Crippen LogP contribution in [0.4, 0.5) is 0 Å². The number of piperidine rings is 1. The Hall–Kier alpha value is -3.80. The number of ether oxygens (including phenoxy) is 2. The molecule has 0 saturated carbocycles. The molecule has 0 bridgehead atoms. The molecular weight excluding hydrogens is 416 g/mol. The van der Waals surface area contributed by atoms with E-state index in [1.54, 1.807) is 24.3 Å². The molecule has 3 aromatic carbocycles. The Bertz CT molecular complexity index is 1060. The van der Waals surface area contributed by atoms with E-state index in [4.69, 9.17) is 9.47 Å². The van der Waals surface area contributed by atoms with Gasteiger partial charge in [0.25, 0.3) is 11.8 Å². The maximum absolute atomic E-state index is 12.6. The number of nitrogens with zero attached hydrogens (tertiary/aromatic N) is 1. The molecule has 6 nitrogen and oxygen atoms in total. The van der Waals surface area contributed by atoms with Crippen LogP contribution in [0.2, 0.25) is 0 Å². The lowest BCUT2D eigenvalue weighted by atomic mass is 10.0. The lowest BCUT2D eigenvalue weighted by Gasteiger charge is -2.32. The summed E-state index contributed by atoms with van der Waals surface area (Å²) in [6.07, 6.45) is 1.46. The van der Waals surface area contributed by atoms with Crippen molar-refractivity contribution in [2.45, 2.75) is 25.8 Å². The van der Waals surface area contributed by atoms with Gasteiger partial charge in [-0.1, -0.05) is 35.9 Å². The highest BCUT2D eigenvalue weighted by molar-refractivity contribution is 5.94. The Kier molecular flexibility index (Phi) is 7.25. The Morgan fingerprint density at radius 1 is 0.848 bits per heavy atom. The maximum Gasteiger partial charge on any atom is 0.258 e. The van der Waals surface area contributed by atoms with E-state index in [1.165, 1.54) is 0 Å². The van der Waals surface area contributed by atoms with Crippen LogP contribution in [-0.4, -0.2) is 42.5 Å². The third-order valence-corrected chi connectivity index (χ3v) is 5.62. The predicted molar refractivity (Wildman–Crippen MR) is 127 cm³/mol. The van der Waals surface area contributed by atoms with Crippen molar-refractivity contribution in [1.82, 2.24) is 10.2 Å². The molecule has 3 aromatic rings. The van der Waals surface area contributed by atoms with Gasteiger partial charge in [-0.2, -0.15) is 0 Å². The molecule has 0 aromatic heterocycles. The standard InChI is InChI=1S/C27H28N2O4/c1-20-7-9-21(10-8-20)27(31)29-17-15-22(16-18-29)28-26(30)19-32-23-11-13-25(14-12-23)33-24-5-3-2-4-6-24/h2-14,22H,15-19H2,1H3,(H,28,30). The van der Waals surface area contributed by atoms with Gasteiger partial charge in [0.2, 0.25) is 0 Å². The average molecular weight is 445 g/mol. The summed E-state index contributed by atoms with van der Waals surface area (Å²) in [6.45, 7) is 3.20. The van der Waals surface area contributed by atoms with Crippen molar-refractivity contribution < 1.29 is 19.1 Å². The highest BCUT2D eigenvalue weighted by Gasteiger charge is 2.24. The average Bonchev–Trinajstić information content (AvgIpc) is 2.85. The zero-order valence-corrected chi connectivity index (χ0v) is 18.7. The number of hydrogen-bond donors (Lipinski definition) is 1. The minimum absolute atomic E-state index is 0.0443. The third kappa shape index (κ3) is 6.35. The number of para-hydroxylation sites is 1. The van der Waals surface area contributed by atoms with E-state index < -0.39 is 0 Å². The summed E-state index contributed by atoms with van der Waals surface area (Å²) < 4.78 is 11.4. The largest absolute Gasteiger partial charge is 0.484 e. The molecule has 2 amide bonds. The number of hydrogen-bond acceptors (Lipinski definition) is 4. The van der Waals surface area contributed by atoms with Gasteiger partial charge in [0.05, 0.1) is 0 Å². The third-order valence-electron chi connectivity index (χ3n) is 5.62. The number of amides is 2. The van der Waals surface area contributed by atoms with Gasteiger partial charge in [0.15, 0.2) is 6.61 Å². The first kappa shape index (κ1) is 22.4. The van der Waals surface area contributed by atoms with Crippen LogP contribution in [0.15, 0.2) is 78.9 Å². The number of nitrogens with one attached hydrogen (secondary N) is 1. The van der Waals surface area contributed by atoms with Gasteiger partial charge in [-0.25, -0.2) is 0 Å². The van der Waals surface area contributed by atoms with Crippen molar-refractivity contribution >= 4 is 11.8 Å². The monoisotopic (exact) mass is 444 g/mol. The zero-order valence-electron chi connectivity index (χ0n) is 18.7. The Labute approximate surface area is 194 Å². The summed E-state index contributed by atoms with van der Waals surface area (Å²) in [7, 11) is 0. The first-order chi connectivity index (χ1) is 16.1. The fourth-order valence-corrected chi connectivity index (χ4v) is 3.75. The number of rotatable bonds is 7. The first-order valence-corrected chi connectivity index (χ1v) is 11.2. The summed E-state index contributed by atoms with van der Waals surface area (Å²) in [5.74, 6) is 1.94. The van der Waals surface area contributed by atoms with E-state index in [0.717, 1.165) is 24.2 Å². The molecule has 1 aliphatic heterocycles. The number of likely N-dealkylation sites (tertiary alicyclic amines) is 1. The van der Waals surface area contributed by atoms with E-state index in [0.29, 0.717) is 30.2 Å². The fraction of sp³-hybridized carbons (Fsp3) is 0.259. The lowest BCUT2D eigenvalue weighted by Crippen LogP contribution is -2.47. The van der Waals surface area contributed by atoms with E-state index in [2.05, 4.69) is 5.32 Å². The Morgan fingerprint density at radius 2 is 1.45 bits per heavy atom. The van der Waals surface area contributed by atoms with Crippen LogP contribution in [0.25, 0.3) is 0 Å². The van der Waals surface area contributed by atoms with Gasteiger partial charge in [-0.3, -0.25) is 9.59 Å². The molecule has 0 atom stereocenters. The van der Waals surface area contributed by atoms with E-state index in [-0.39, 0.29) is 24.5 Å². The molecule has 33 heavy (non-hydrogen) atoms. The summed E-state index contributed by atoms with van der Waals surface area (Å²) in [5, 5.41) is 3.01. The van der Waals surface area contributed by atoms with Crippen molar-refractivity contribution in [3.05, 3.63) is 90.0 Å². The number of benzene rings is 3. The van der Waals surface area contributed by atoms with Crippen LogP contribution in [-0.2, 0) is 4.79 Å². The molecule has 1 fully saturated rings. The molecule has 1 N–H and O–H groups in total. The van der Waals surface area contributed by atoms with Crippen LogP contribution in [0, 0.1) is 6.92 Å². The van der Waals surface area contributed by atoms with Crippen molar-refractivity contribution in [2.75, 3.05) is 19.7 Å². The Balaban J connectivity index is 1.18. The maximum atomic E-state index is 12.6. The van der Waals surface area contributed by atoms with Crippen molar-refractivity contribution in [2.24, 2.45) is 0 Å². The van der Waals surface area contributed by atoms with Crippen LogP contribution in [0.3, 0.4) is 0 Å². The van der Waals surface area contributed by atoms with Crippen molar-refractivity contribution in [3.8, 4) is 17.2 Å². The van der Waals surface area contributed by atoms with Crippen LogP contribution in [0.1, 0.15) is 28.8 Å². The van der Waals surface area contributed by atoms with Crippen molar-refractivity contribution in [3.63, 3.8) is 0 Å². The second kappa shape index (κ2) is 10.7. The molecule has 6 heteroatoms. The van der Waals surface area contributed by atoms with Crippen LogP contribution >= 0.6 is 0 Å². The summed E-state index contributed by atoms with van der Waals surface area (Å²) >= 11 is 0. The van der Waals surface area contributed by atoms with E-state index in [9.17, 15) is 9.59 Å². The van der Waals surface area contributed by atoms with Gasteiger partial charge in [0.1, 0.15) is 17.2 Å². The van der Waals surface area contributed by atoms with Gasteiger partial charge in [-0.05, 0) is 68.3 Å². The van der Waals surface area contributed by atoms with Crippen LogP contribution < -0.4 is 14.8 Å². The molecule has 0 aliphatic carbocycles. The fourth-order valence-electron chi connectivity index (χ4n) is 3.75. The highest BCUT2D eigenvalue weighted by Crippen LogP contribution is 2.23. The second-order valence-corrected chi connectivity index (χ2v) is 8.18. The highest BCUT2D eigenvalue weighted by atomic mass is 16.5. The molecule has 1 saturated heterocycles. The first-order valence-electron chi connectivity index (χ1n) is 11.2. The number of carbonyl (C=O) groups is 2. The van der Waals surface area contributed by atoms with Gasteiger partial charge >= 0.3 is 0 Å². The quantitative estimate of drug-likeness (QED) is 0.579. The lowest BCUT2D eigenvalue weighted by molar-refractivity contribution is -0.124. The summed E-state index contributed by atoms with van der Waals surface area (Å²) in [4.78, 5) is 26.8. The molecule has 170 valence electrons. The van der Waals surface area contributed by atoms with Crippen molar-refractivity contribution in [1.29, 1.82) is 0 Å². The molecule has 0 unspecified atom stereocenters. The zero-order chi connectivity index (χ0) is 23.0. The normalized spacial score (nSPS) is 13.9. The van der Waals surface area contributed by atoms with Gasteiger partial charge < -0.3 is 19.7 Å². The summed E-state index contributed by atoms with van der Waals surface area (Å²) in [6, 6.07) is 24.4. The molecular formula is C27H28N2O4. The smallest absolute Gasteiger partial charge is 0.258 e. The molecule has 0 radical (unpaired) electrons. The summed E-state index contributed by atoms with van der Waals surface area (Å²) in [5.41, 5.74) is 1.84. The van der Waals surface area contributed by atoms with Gasteiger partial charge in [0, 0.05) is 24.7 Å². The Morgan fingerprint density at radius 3 is 2.12 bits per heavy atom. The minimum atomic E-state index is -0.164. The molecule has 1 aliphatic rings. The number of carbonyl (C=O) groups excluding carboxylic acids is 2. The molecule has 4 rings (SSSR count). The number of aryl methyl sites for hydroxylation is 1. The van der Waals surface area contributed by atoms with E-state index in [1.807, 2.05) is 66.4 Å². The second-order valence-electron chi connectivity index (χ2n) is 8.18. The van der Waals surface area contributed by atoms with Gasteiger partial charge in [-0.15, -0.1) is 0 Å². The SMILES string of the molecule is Cc1ccc(C(=O)N2CCC(NC(=O)COc3ccc(Oc4ccccc4)cc3)CC2)cc1. The molecule has 0 spiro atoms. The van der Waals surface area contributed by atoms with E-state index >= 15 is 0 Å². The molecule has 1 heterocycles. The predicted octanol–water partition coefficient (Wildman–Crippen LogP) is 4.59. The van der Waals surface area contributed by atoms with Crippen LogP contribution in [0.5, 0.6) is 17.2 Å². The minimum Gasteiger partial charge on any atom is -0.484 e.